The number of nitrogens with one attached hydrogen (secondary N) is 14. The topological polar surface area (TPSA) is 702 Å². The molecule has 0 bridgehead atoms. The quantitative estimate of drug-likeness (QED) is 0.0112. The van der Waals surface area contributed by atoms with Crippen molar-refractivity contribution in [2.45, 2.75) is 223 Å². The maximum absolute atomic E-state index is 14.9. The summed E-state index contributed by atoms with van der Waals surface area (Å²) in [6.07, 6.45) is -1.10. The third-order valence-corrected chi connectivity index (χ3v) is 18.5. The summed E-state index contributed by atoms with van der Waals surface area (Å²) in [5, 5.41) is 78.8. The largest absolute Gasteiger partial charge is 0.481 e. The van der Waals surface area contributed by atoms with Crippen LogP contribution in [0.4, 0.5) is 5.69 Å². The molecule has 3 aromatic rings. The van der Waals surface area contributed by atoms with Crippen LogP contribution in [0.15, 0.2) is 54.7 Å². The number of anilines is 1. The van der Waals surface area contributed by atoms with Crippen molar-refractivity contribution in [3.8, 4) is 0 Å². The van der Waals surface area contributed by atoms with Gasteiger partial charge < -0.3 is 122 Å². The number of carboxylic acid groups (broad SMARTS) is 4. The van der Waals surface area contributed by atoms with Gasteiger partial charge in [-0.1, -0.05) is 96.0 Å². The number of hydrogen-bond donors (Lipinski definition) is 22. The van der Waals surface area contributed by atoms with Gasteiger partial charge in [-0.15, -0.1) is 0 Å². The Morgan fingerprint density at radius 2 is 1.07 bits per heavy atom. The zero-order chi connectivity index (χ0) is 88.0. The minimum absolute atomic E-state index is 0.0190. The summed E-state index contributed by atoms with van der Waals surface area (Å²) in [6.45, 7) is 3.36. The van der Waals surface area contributed by atoms with E-state index in [-0.39, 0.29) is 37.1 Å². The number of carboxylic acids is 4. The number of para-hydroxylation sites is 2. The summed E-state index contributed by atoms with van der Waals surface area (Å²) in [5.41, 5.74) is 18.1. The molecule has 14 amide bonds. The Bertz CT molecular complexity index is 4120. The highest BCUT2D eigenvalue weighted by molar-refractivity contribution is 6.05. The van der Waals surface area contributed by atoms with E-state index in [1.165, 1.54) is 24.3 Å². The smallest absolute Gasteiger partial charge is 0.329 e. The van der Waals surface area contributed by atoms with Crippen LogP contribution < -0.4 is 86.3 Å². The molecule has 0 unspecified atom stereocenters. The number of benzene rings is 2. The maximum atomic E-state index is 14.9. The zero-order valence-corrected chi connectivity index (χ0v) is 65.9. The van der Waals surface area contributed by atoms with Crippen LogP contribution in [-0.2, 0) is 102 Å². The summed E-state index contributed by atoms with van der Waals surface area (Å²) in [7, 11) is 0. The molecule has 2 heterocycles. The van der Waals surface area contributed by atoms with Crippen LogP contribution in [0, 0.1) is 11.8 Å². The molecule has 25 N–H and O–H groups in total. The van der Waals surface area contributed by atoms with E-state index in [1.54, 1.807) is 30.5 Å². The summed E-state index contributed by atoms with van der Waals surface area (Å²) < 4.78 is 5.69. The van der Waals surface area contributed by atoms with E-state index >= 15 is 0 Å². The van der Waals surface area contributed by atoms with Crippen molar-refractivity contribution in [3.05, 3.63) is 65.9 Å². The molecule has 43 nitrogen and oxygen atoms in total. The van der Waals surface area contributed by atoms with Gasteiger partial charge in [0.1, 0.15) is 72.6 Å². The Morgan fingerprint density at radius 3 is 1.66 bits per heavy atom. The number of H-pyrrole nitrogens is 1. The normalized spacial score (nSPS) is 21.0. The number of unbranched alkanes of at least 4 members (excludes halogenated alkanes) is 6. The van der Waals surface area contributed by atoms with E-state index in [0.717, 1.165) is 59.3 Å². The van der Waals surface area contributed by atoms with E-state index in [2.05, 4.69) is 72.0 Å². The van der Waals surface area contributed by atoms with Crippen molar-refractivity contribution in [2.75, 3.05) is 32.0 Å². The van der Waals surface area contributed by atoms with E-state index in [0.29, 0.717) is 35.2 Å². The van der Waals surface area contributed by atoms with Crippen LogP contribution in [0.5, 0.6) is 0 Å². The van der Waals surface area contributed by atoms with E-state index in [4.69, 9.17) is 21.9 Å². The summed E-state index contributed by atoms with van der Waals surface area (Å²) in [4.78, 5) is 277. The highest BCUT2D eigenvalue weighted by Gasteiger charge is 2.41. The number of fused-ring (bicyclic) bond motifs is 1. The molecule has 648 valence electrons. The number of amides is 14. The first-order chi connectivity index (χ1) is 55.7. The fourth-order valence-corrected chi connectivity index (χ4v) is 12.2. The average Bonchev–Trinajstić information content (AvgIpc) is 1.53. The maximum Gasteiger partial charge on any atom is 0.329 e. The van der Waals surface area contributed by atoms with Crippen LogP contribution in [0.3, 0.4) is 0 Å². The number of aromatic nitrogens is 1. The molecule has 4 rings (SSSR count). The molecular formula is C75H107N17O26. The molecule has 43 heteroatoms. The number of carbonyl (C=O) groups is 20. The van der Waals surface area contributed by atoms with Gasteiger partial charge in [-0.05, 0) is 75.3 Å². The first-order valence-corrected chi connectivity index (χ1v) is 38.2. The molecule has 0 aliphatic carbocycles. The van der Waals surface area contributed by atoms with Gasteiger partial charge in [0.05, 0.1) is 51.8 Å². The highest BCUT2D eigenvalue weighted by atomic mass is 16.5. The number of nitrogen functional groups attached to an aromatic ring is 1. The first kappa shape index (κ1) is 97.7. The molecule has 1 aromatic heterocycles. The van der Waals surface area contributed by atoms with Crippen molar-refractivity contribution in [1.82, 2.24) is 74.1 Å². The second-order valence-corrected chi connectivity index (χ2v) is 28.8. The van der Waals surface area contributed by atoms with Crippen LogP contribution in [0.25, 0.3) is 10.9 Å². The van der Waals surface area contributed by atoms with Crippen LogP contribution >= 0.6 is 0 Å². The number of esters is 1. The molecule has 118 heavy (non-hydrogen) atoms. The number of primary amides is 1. The molecule has 0 spiro atoms. The number of aromatic amines is 1. The average molecular weight is 1660 g/mol. The molecule has 0 radical (unpaired) electrons. The van der Waals surface area contributed by atoms with Gasteiger partial charge in [0, 0.05) is 47.6 Å². The van der Waals surface area contributed by atoms with Crippen LogP contribution in [-0.4, -0.2) is 248 Å². The summed E-state index contributed by atoms with van der Waals surface area (Å²) >= 11 is 0. The standard InChI is InChI=1S/C75H107N17O26/c1-37(2)18-11-9-7-6-8-10-12-24-56(96)84-47(27-41-33-79-45-22-16-14-19-42(41)45)69(111)87-48(29-55(78)95)70(112)89-51(32-62(105)106)71(113)92-64-40(5)118-75(117)52(28-54(94)43-20-13-15-21-44(43)77)90-74(116)63(38(3)26-59(99)100)91-72(114)53(36-93)85-58(98)34-80-66(108)49(30-60(101)102)86-65(107)39(4)82-68(110)50(31-61(103)104)88-67(109)46(23-17-25-76)83-57(97)35-81-73(64)115/h13-16,19-22,33,37-40,46-53,63-64,79,93H,6-12,17-18,23-32,34-36,76-77H2,1-5H3,(H2,78,95)(H,80,108)(H,81,115)(H,82,110)(H,83,97)(H,84,96)(H,85,98)(H,86,107)(H,87,111)(H,88,109)(H,89,112)(H,90,116)(H,91,114)(H,92,113)(H,99,100)(H,101,102)(H,103,104)(H,105,106)/t38-,39+,40+,46-,47-,48-,49-,50+,51-,52-,53+,63-,64-/m0/s1. The lowest BCUT2D eigenvalue weighted by atomic mass is 9.96. The highest BCUT2D eigenvalue weighted by Crippen LogP contribution is 2.22. The third kappa shape index (κ3) is 34.0. The zero-order valence-electron chi connectivity index (χ0n) is 65.9. The number of ketones is 1. The van der Waals surface area contributed by atoms with Crippen molar-refractivity contribution in [2.24, 2.45) is 23.3 Å². The molecule has 1 aliphatic heterocycles. The summed E-state index contributed by atoms with van der Waals surface area (Å²) in [5.74, 6) is -29.1. The third-order valence-electron chi connectivity index (χ3n) is 18.5. The minimum Gasteiger partial charge on any atom is -0.481 e. The van der Waals surface area contributed by atoms with E-state index < -0.39 is 261 Å². The number of hydrogen-bond acceptors (Lipinski definition) is 24. The van der Waals surface area contributed by atoms with Crippen molar-refractivity contribution in [1.29, 1.82) is 0 Å². The molecule has 2 aromatic carbocycles. The number of Topliss-reactive ketones (excluding diaryl/α,β-unsaturated/α-hetero) is 1. The van der Waals surface area contributed by atoms with Crippen molar-refractivity contribution < 1.29 is 126 Å². The molecule has 13 atom stereocenters. The van der Waals surface area contributed by atoms with Gasteiger partial charge in [0.25, 0.3) is 0 Å². The number of rotatable bonds is 37. The first-order valence-electron chi connectivity index (χ1n) is 38.2. The lowest BCUT2D eigenvalue weighted by Gasteiger charge is -2.30. The SMILES string of the molecule is CC(C)CCCCCCCCCC(=O)N[C@@H](Cc1c[nH]c2ccccc12)C(=O)N[C@@H](CC(N)=O)C(=O)N[C@@H](CC(=O)O)C(=O)N[C@@H]1C(=O)NCC(=O)N[C@@H](CCCN)C(=O)N[C@H](CC(=O)O)C(=O)N[C@H](C)C(=O)N[C@@H](CC(=O)O)C(=O)NCC(=O)N[C@H](CO)C(=O)N[C@@H]([C@@H](C)CC(=O)O)C(=O)N[C@@H](CC(=O)c2ccccc2N)C(=O)O[C@@H]1C. The van der Waals surface area contributed by atoms with Gasteiger partial charge in [0.15, 0.2) is 5.78 Å². The van der Waals surface area contributed by atoms with Gasteiger partial charge in [-0.3, -0.25) is 91.1 Å². The van der Waals surface area contributed by atoms with Crippen LogP contribution in [0.2, 0.25) is 0 Å². The lowest BCUT2D eigenvalue weighted by molar-refractivity contribution is -0.156. The minimum atomic E-state index is -2.45. The van der Waals surface area contributed by atoms with Crippen molar-refractivity contribution in [3.63, 3.8) is 0 Å². The monoisotopic (exact) mass is 1660 g/mol. The summed E-state index contributed by atoms with van der Waals surface area (Å²) in [6, 6.07) is -10.5. The Balaban J connectivity index is 1.85. The Hall–Kier alpha value is -12.7. The number of aliphatic carboxylic acids is 4. The Kier molecular flexibility index (Phi) is 40.8. The second-order valence-electron chi connectivity index (χ2n) is 28.8. The molecule has 1 saturated heterocycles. The number of aliphatic hydroxyl groups is 1. The number of carbonyl (C=O) groups excluding carboxylic acids is 16. The van der Waals surface area contributed by atoms with Gasteiger partial charge in [-0.25, -0.2) is 4.79 Å². The number of aliphatic hydroxyl groups excluding tert-OH is 1. The predicted octanol–water partition coefficient (Wildman–Crippen LogP) is -4.60. The Labute approximate surface area is 676 Å². The molecular weight excluding hydrogens is 1550 g/mol. The second kappa shape index (κ2) is 49.3. The van der Waals surface area contributed by atoms with E-state index in [9.17, 15) is 121 Å². The molecule has 1 fully saturated rings. The van der Waals surface area contributed by atoms with E-state index in [1.807, 2.05) is 16.0 Å². The van der Waals surface area contributed by atoms with Crippen molar-refractivity contribution >= 4 is 135 Å². The molecule has 0 saturated carbocycles. The fourth-order valence-electron chi connectivity index (χ4n) is 12.2. The van der Waals surface area contributed by atoms with Gasteiger partial charge in [-0.2, -0.15) is 0 Å². The lowest BCUT2D eigenvalue weighted by Crippen LogP contribution is -2.62. The number of cyclic esters (lactones) is 1. The van der Waals surface area contributed by atoms with Gasteiger partial charge >= 0.3 is 29.8 Å². The van der Waals surface area contributed by atoms with Gasteiger partial charge in [0.2, 0.25) is 82.7 Å². The number of nitrogens with two attached hydrogens (primary N) is 3. The predicted molar refractivity (Wildman–Crippen MR) is 414 cm³/mol. The fraction of sp³-hybridized carbons (Fsp3) is 0.547. The number of ether oxygens (including phenoxy) is 1. The van der Waals surface area contributed by atoms with Crippen LogP contribution in [0.1, 0.15) is 160 Å². The molecule has 1 aliphatic rings. The Morgan fingerprint density at radius 1 is 0.534 bits per heavy atom.